The Morgan fingerprint density at radius 3 is 1.79 bits per heavy atom. The zero-order chi connectivity index (χ0) is 19.1. The Labute approximate surface area is 163 Å². The molecule has 134 valence electrons. The van der Waals surface area contributed by atoms with Crippen molar-refractivity contribution in [3.63, 3.8) is 0 Å². The molecule has 0 atom stereocenters. The zero-order valence-electron chi connectivity index (χ0n) is 15.2. The third kappa shape index (κ3) is 2.62. The predicted molar refractivity (Wildman–Crippen MR) is 116 cm³/mol. The number of hydrogen-bond acceptors (Lipinski definition) is 2. The number of rotatable bonds is 3. The highest BCUT2D eigenvalue weighted by Crippen LogP contribution is 2.32. The third-order valence-corrected chi connectivity index (χ3v) is 5.24. The van der Waals surface area contributed by atoms with E-state index in [1.165, 1.54) is 10.8 Å². The molecule has 4 aromatic carbocycles. The van der Waals surface area contributed by atoms with Gasteiger partial charge < -0.3 is 14.6 Å². The summed E-state index contributed by atoms with van der Waals surface area (Å²) < 4.78 is 2.17. The van der Waals surface area contributed by atoms with E-state index in [1.807, 2.05) is 72.8 Å². The summed E-state index contributed by atoms with van der Waals surface area (Å²) in [7, 11) is -1.55. The fourth-order valence-electron chi connectivity index (χ4n) is 3.98. The molecule has 0 spiro atoms. The summed E-state index contributed by atoms with van der Waals surface area (Å²) in [4.78, 5) is 0. The lowest BCUT2D eigenvalue weighted by atomic mass is 9.75. The van der Waals surface area contributed by atoms with Crippen LogP contribution < -0.4 is 5.46 Å². The maximum atomic E-state index is 10.1. The second kappa shape index (κ2) is 6.68. The zero-order valence-corrected chi connectivity index (χ0v) is 15.2. The van der Waals surface area contributed by atoms with Crippen LogP contribution in [0.1, 0.15) is 0 Å². The Morgan fingerprint density at radius 1 is 0.607 bits per heavy atom. The molecule has 0 fully saturated rings. The molecule has 2 N–H and O–H groups in total. The summed E-state index contributed by atoms with van der Waals surface area (Å²) in [6.07, 6.45) is 0. The first-order chi connectivity index (χ1) is 13.7. The van der Waals surface area contributed by atoms with E-state index in [1.54, 1.807) is 0 Å². The van der Waals surface area contributed by atoms with Crippen molar-refractivity contribution in [1.29, 1.82) is 0 Å². The molecule has 0 aliphatic heterocycles. The molecular formula is C24H18BNO2. The van der Waals surface area contributed by atoms with Crippen LogP contribution in [0.25, 0.3) is 38.6 Å². The highest BCUT2D eigenvalue weighted by molar-refractivity contribution is 6.60. The molecule has 0 aliphatic rings. The van der Waals surface area contributed by atoms with Gasteiger partial charge in [-0.1, -0.05) is 72.8 Å². The summed E-state index contributed by atoms with van der Waals surface area (Å²) in [6, 6.07) is 32.2. The molecule has 0 radical (unpaired) electrons. The van der Waals surface area contributed by atoms with Crippen molar-refractivity contribution in [3.8, 4) is 16.8 Å². The van der Waals surface area contributed by atoms with E-state index in [0.29, 0.717) is 5.46 Å². The first kappa shape index (κ1) is 16.8. The predicted octanol–water partition coefficient (Wildman–Crippen LogP) is 4.13. The van der Waals surface area contributed by atoms with Crippen LogP contribution in [0.3, 0.4) is 0 Å². The third-order valence-electron chi connectivity index (χ3n) is 5.24. The van der Waals surface area contributed by atoms with E-state index < -0.39 is 7.12 Å². The molecule has 3 nitrogen and oxygen atoms in total. The molecule has 0 saturated heterocycles. The SMILES string of the molecule is OB(O)c1cc(-n2c3ccccc3c3ccccc32)ccc1-c1ccccc1. The number of benzene rings is 4. The Hall–Kier alpha value is -3.34. The van der Waals surface area contributed by atoms with Crippen molar-refractivity contribution in [2.45, 2.75) is 0 Å². The van der Waals surface area contributed by atoms with E-state index in [4.69, 9.17) is 0 Å². The van der Waals surface area contributed by atoms with Crippen LogP contribution in [-0.2, 0) is 0 Å². The van der Waals surface area contributed by atoms with Crippen LogP contribution >= 0.6 is 0 Å². The Bertz CT molecular complexity index is 1240. The topological polar surface area (TPSA) is 45.4 Å². The summed E-state index contributed by atoms with van der Waals surface area (Å²) in [5.74, 6) is 0. The average Bonchev–Trinajstić information content (AvgIpc) is 3.08. The molecule has 5 aromatic rings. The first-order valence-electron chi connectivity index (χ1n) is 9.28. The summed E-state index contributed by atoms with van der Waals surface area (Å²) >= 11 is 0. The van der Waals surface area contributed by atoms with Crippen molar-refractivity contribution in [2.75, 3.05) is 0 Å². The number of nitrogens with zero attached hydrogens (tertiary/aromatic N) is 1. The second-order valence-corrected chi connectivity index (χ2v) is 6.88. The Kier molecular flexibility index (Phi) is 4.01. The van der Waals surface area contributed by atoms with Crippen molar-refractivity contribution >= 4 is 34.4 Å². The molecule has 0 unspecified atom stereocenters. The summed E-state index contributed by atoms with van der Waals surface area (Å²) in [6.45, 7) is 0. The van der Waals surface area contributed by atoms with Crippen LogP contribution in [0.2, 0.25) is 0 Å². The van der Waals surface area contributed by atoms with E-state index in [0.717, 1.165) is 27.8 Å². The first-order valence-corrected chi connectivity index (χ1v) is 9.28. The van der Waals surface area contributed by atoms with E-state index >= 15 is 0 Å². The number of hydrogen-bond donors (Lipinski definition) is 2. The maximum absolute atomic E-state index is 10.1. The molecule has 4 heteroatoms. The van der Waals surface area contributed by atoms with Crippen LogP contribution in [0.15, 0.2) is 97.1 Å². The van der Waals surface area contributed by atoms with Crippen molar-refractivity contribution in [3.05, 3.63) is 97.1 Å². The largest absolute Gasteiger partial charge is 0.489 e. The Balaban J connectivity index is 1.80. The quantitative estimate of drug-likeness (QED) is 0.474. The number of aromatic nitrogens is 1. The van der Waals surface area contributed by atoms with Gasteiger partial charge in [-0.2, -0.15) is 0 Å². The lowest BCUT2D eigenvalue weighted by Crippen LogP contribution is -2.32. The van der Waals surface area contributed by atoms with Crippen LogP contribution in [0.4, 0.5) is 0 Å². The van der Waals surface area contributed by atoms with Crippen LogP contribution in [0.5, 0.6) is 0 Å². The molecule has 5 rings (SSSR count). The normalized spacial score (nSPS) is 11.2. The van der Waals surface area contributed by atoms with Gasteiger partial charge >= 0.3 is 7.12 Å². The maximum Gasteiger partial charge on any atom is 0.489 e. The minimum Gasteiger partial charge on any atom is -0.423 e. The van der Waals surface area contributed by atoms with Gasteiger partial charge in [0.15, 0.2) is 0 Å². The van der Waals surface area contributed by atoms with Crippen molar-refractivity contribution < 1.29 is 10.0 Å². The summed E-state index contributed by atoms with van der Waals surface area (Å²) in [5.41, 5.74) is 5.36. The summed E-state index contributed by atoms with van der Waals surface area (Å²) in [5, 5.41) is 22.5. The van der Waals surface area contributed by atoms with E-state index in [-0.39, 0.29) is 0 Å². The Morgan fingerprint density at radius 2 is 1.18 bits per heavy atom. The fourth-order valence-corrected chi connectivity index (χ4v) is 3.98. The average molecular weight is 363 g/mol. The molecule has 0 bridgehead atoms. The highest BCUT2D eigenvalue weighted by atomic mass is 16.4. The molecule has 1 aromatic heterocycles. The molecular weight excluding hydrogens is 345 g/mol. The van der Waals surface area contributed by atoms with Gasteiger partial charge in [0.05, 0.1) is 11.0 Å². The molecule has 0 saturated carbocycles. The lowest BCUT2D eigenvalue weighted by Gasteiger charge is -2.14. The van der Waals surface area contributed by atoms with Gasteiger partial charge in [-0.3, -0.25) is 0 Å². The smallest absolute Gasteiger partial charge is 0.423 e. The van der Waals surface area contributed by atoms with Gasteiger partial charge in [-0.15, -0.1) is 0 Å². The van der Waals surface area contributed by atoms with Gasteiger partial charge in [-0.25, -0.2) is 0 Å². The van der Waals surface area contributed by atoms with E-state index in [2.05, 4.69) is 28.8 Å². The molecule has 0 aliphatic carbocycles. The molecule has 1 heterocycles. The van der Waals surface area contributed by atoms with Gasteiger partial charge in [0.1, 0.15) is 0 Å². The van der Waals surface area contributed by atoms with Crippen LogP contribution in [0, 0.1) is 0 Å². The lowest BCUT2D eigenvalue weighted by molar-refractivity contribution is 0.426. The number of para-hydroxylation sites is 2. The van der Waals surface area contributed by atoms with Gasteiger partial charge in [0.2, 0.25) is 0 Å². The monoisotopic (exact) mass is 363 g/mol. The van der Waals surface area contributed by atoms with Gasteiger partial charge in [0.25, 0.3) is 0 Å². The minimum atomic E-state index is -1.55. The molecule has 28 heavy (non-hydrogen) atoms. The van der Waals surface area contributed by atoms with E-state index in [9.17, 15) is 10.0 Å². The fraction of sp³-hybridized carbons (Fsp3) is 0. The van der Waals surface area contributed by atoms with Crippen LogP contribution in [-0.4, -0.2) is 21.7 Å². The standard InChI is InChI=1S/C24H18BNO2/c27-25(28)22-16-18(14-15-19(22)17-8-2-1-3-9-17)26-23-12-6-4-10-20(23)21-11-5-7-13-24(21)26/h1-16,27-28H. The van der Waals surface area contributed by atoms with Crippen molar-refractivity contribution in [2.24, 2.45) is 0 Å². The van der Waals surface area contributed by atoms with Gasteiger partial charge in [0, 0.05) is 16.5 Å². The minimum absolute atomic E-state index is 0.491. The second-order valence-electron chi connectivity index (χ2n) is 6.88. The molecule has 0 amide bonds. The number of fused-ring (bicyclic) bond motifs is 3. The highest BCUT2D eigenvalue weighted by Gasteiger charge is 2.19. The van der Waals surface area contributed by atoms with Gasteiger partial charge in [-0.05, 0) is 40.9 Å². The van der Waals surface area contributed by atoms with Crippen molar-refractivity contribution in [1.82, 2.24) is 4.57 Å².